The minimum Gasteiger partial charge on any atom is -0.496 e. The first-order valence-electron chi connectivity index (χ1n) is 5.35. The van der Waals surface area contributed by atoms with Gasteiger partial charge in [0.05, 0.1) is 7.11 Å². The minimum atomic E-state index is 0.566. The van der Waals surface area contributed by atoms with E-state index < -0.39 is 0 Å². The Morgan fingerprint density at radius 3 is 2.62 bits per heavy atom. The number of carbonyl (C=O) groups is 1. The Morgan fingerprint density at radius 2 is 1.88 bits per heavy atom. The second-order valence-electron chi connectivity index (χ2n) is 3.68. The number of carbonyl (C=O) groups excluding carboxylic acids is 1. The van der Waals surface area contributed by atoms with E-state index in [-0.39, 0.29) is 0 Å². The average molecular weight is 214 g/mol. The zero-order chi connectivity index (χ0) is 11.4. The summed E-state index contributed by atoms with van der Waals surface area (Å²) in [5, 5.41) is 2.28. The number of hydrogen-bond acceptors (Lipinski definition) is 2. The van der Waals surface area contributed by atoms with Gasteiger partial charge >= 0.3 is 0 Å². The lowest BCUT2D eigenvalue weighted by Crippen LogP contribution is -1.90. The van der Waals surface area contributed by atoms with Crippen molar-refractivity contribution in [2.75, 3.05) is 7.11 Å². The molecule has 0 saturated heterocycles. The molecule has 2 rings (SSSR count). The molecular weight excluding hydrogens is 200 g/mol. The molecule has 0 N–H and O–H groups in total. The van der Waals surface area contributed by atoms with Crippen molar-refractivity contribution in [2.24, 2.45) is 0 Å². The number of aldehydes is 1. The van der Waals surface area contributed by atoms with Crippen LogP contribution in [-0.2, 0) is 11.2 Å². The summed E-state index contributed by atoms with van der Waals surface area (Å²) in [4.78, 5) is 10.4. The molecule has 0 aromatic heterocycles. The zero-order valence-electron chi connectivity index (χ0n) is 9.27. The van der Waals surface area contributed by atoms with Gasteiger partial charge in [0.25, 0.3) is 0 Å². The van der Waals surface area contributed by atoms with Crippen LogP contribution >= 0.6 is 0 Å². The molecule has 0 spiro atoms. The molecule has 0 saturated carbocycles. The third kappa shape index (κ3) is 1.91. The van der Waals surface area contributed by atoms with E-state index in [9.17, 15) is 4.79 Å². The fourth-order valence-corrected chi connectivity index (χ4v) is 1.96. The van der Waals surface area contributed by atoms with Crippen LogP contribution in [0.4, 0.5) is 0 Å². The van der Waals surface area contributed by atoms with Gasteiger partial charge in [-0.25, -0.2) is 0 Å². The highest BCUT2D eigenvalue weighted by molar-refractivity contribution is 5.91. The maximum atomic E-state index is 10.4. The lowest BCUT2D eigenvalue weighted by Gasteiger charge is -2.08. The van der Waals surface area contributed by atoms with E-state index in [0.717, 1.165) is 23.8 Å². The van der Waals surface area contributed by atoms with Crippen LogP contribution in [0.15, 0.2) is 36.4 Å². The predicted octanol–water partition coefficient (Wildman–Crippen LogP) is 2.98. The van der Waals surface area contributed by atoms with Gasteiger partial charge in [-0.05, 0) is 23.4 Å². The molecule has 2 nitrogen and oxygen atoms in total. The summed E-state index contributed by atoms with van der Waals surface area (Å²) in [6.07, 6.45) is 2.31. The van der Waals surface area contributed by atoms with Gasteiger partial charge in [-0.3, -0.25) is 0 Å². The minimum absolute atomic E-state index is 0.566. The van der Waals surface area contributed by atoms with Crippen LogP contribution in [-0.4, -0.2) is 13.4 Å². The number of hydrogen-bond donors (Lipinski definition) is 0. The van der Waals surface area contributed by atoms with Crippen molar-refractivity contribution in [3.63, 3.8) is 0 Å². The summed E-state index contributed by atoms with van der Waals surface area (Å²) in [6, 6.07) is 12.1. The molecular formula is C14H14O2. The molecule has 2 heteroatoms. The molecule has 2 aromatic carbocycles. The summed E-state index contributed by atoms with van der Waals surface area (Å²) < 4.78 is 5.32. The van der Waals surface area contributed by atoms with Crippen LogP contribution in [0.2, 0.25) is 0 Å². The summed E-state index contributed by atoms with van der Waals surface area (Å²) in [6.45, 7) is 0. The van der Waals surface area contributed by atoms with Crippen LogP contribution in [0.25, 0.3) is 10.8 Å². The number of benzene rings is 2. The van der Waals surface area contributed by atoms with Crippen molar-refractivity contribution < 1.29 is 9.53 Å². The van der Waals surface area contributed by atoms with E-state index in [4.69, 9.17) is 4.74 Å². The lowest BCUT2D eigenvalue weighted by atomic mass is 10.0. The van der Waals surface area contributed by atoms with Gasteiger partial charge in [0, 0.05) is 11.8 Å². The fraction of sp³-hybridized carbons (Fsp3) is 0.214. The van der Waals surface area contributed by atoms with E-state index in [1.54, 1.807) is 7.11 Å². The first-order valence-corrected chi connectivity index (χ1v) is 5.35. The van der Waals surface area contributed by atoms with Crippen LogP contribution < -0.4 is 4.74 Å². The first kappa shape index (κ1) is 10.7. The number of aryl methyl sites for hydroxylation is 1. The van der Waals surface area contributed by atoms with Gasteiger partial charge in [-0.2, -0.15) is 0 Å². The summed E-state index contributed by atoms with van der Waals surface area (Å²) in [7, 11) is 1.67. The SMILES string of the molecule is COc1cccc2c(CCC=O)cccc12. The number of methoxy groups -OCH3 is 1. The second kappa shape index (κ2) is 4.79. The molecule has 16 heavy (non-hydrogen) atoms. The quantitative estimate of drug-likeness (QED) is 0.731. The van der Waals surface area contributed by atoms with Gasteiger partial charge < -0.3 is 9.53 Å². The van der Waals surface area contributed by atoms with Gasteiger partial charge in [0.15, 0.2) is 0 Å². The Kier molecular flexibility index (Phi) is 3.20. The molecule has 0 radical (unpaired) electrons. The maximum Gasteiger partial charge on any atom is 0.126 e. The highest BCUT2D eigenvalue weighted by Gasteiger charge is 2.04. The molecule has 0 unspecified atom stereocenters. The molecule has 0 aliphatic heterocycles. The monoisotopic (exact) mass is 214 g/mol. The lowest BCUT2D eigenvalue weighted by molar-refractivity contribution is -0.107. The van der Waals surface area contributed by atoms with Gasteiger partial charge in [-0.15, -0.1) is 0 Å². The highest BCUT2D eigenvalue weighted by Crippen LogP contribution is 2.28. The van der Waals surface area contributed by atoms with Gasteiger partial charge in [-0.1, -0.05) is 30.3 Å². The number of rotatable bonds is 4. The standard InChI is InChI=1S/C14H14O2/c1-16-14-9-3-7-12-11(6-4-10-15)5-2-8-13(12)14/h2-3,5,7-10H,4,6H2,1H3. The topological polar surface area (TPSA) is 26.3 Å². The van der Waals surface area contributed by atoms with Crippen LogP contribution in [0.3, 0.4) is 0 Å². The Balaban J connectivity index is 2.54. The predicted molar refractivity (Wildman–Crippen MR) is 64.9 cm³/mol. The van der Waals surface area contributed by atoms with Crippen molar-refractivity contribution in [1.82, 2.24) is 0 Å². The van der Waals surface area contributed by atoms with Gasteiger partial charge in [0.2, 0.25) is 0 Å². The molecule has 2 aromatic rings. The Hall–Kier alpha value is -1.83. The molecule has 0 aliphatic rings. The summed E-state index contributed by atoms with van der Waals surface area (Å²) in [5.74, 6) is 0.880. The van der Waals surface area contributed by atoms with Crippen molar-refractivity contribution in [1.29, 1.82) is 0 Å². The number of fused-ring (bicyclic) bond motifs is 1. The highest BCUT2D eigenvalue weighted by atomic mass is 16.5. The Labute approximate surface area is 94.8 Å². The van der Waals surface area contributed by atoms with E-state index in [1.165, 1.54) is 10.9 Å². The summed E-state index contributed by atoms with van der Waals surface area (Å²) in [5.41, 5.74) is 1.20. The maximum absolute atomic E-state index is 10.4. The Bertz CT molecular complexity index is 503. The van der Waals surface area contributed by atoms with Gasteiger partial charge in [0.1, 0.15) is 12.0 Å². The van der Waals surface area contributed by atoms with Crippen LogP contribution in [0, 0.1) is 0 Å². The molecule has 82 valence electrons. The third-order valence-electron chi connectivity index (χ3n) is 2.72. The van der Waals surface area contributed by atoms with Crippen molar-refractivity contribution in [3.05, 3.63) is 42.0 Å². The molecule has 0 bridgehead atoms. The van der Waals surface area contributed by atoms with Crippen molar-refractivity contribution in [2.45, 2.75) is 12.8 Å². The number of ether oxygens (including phenoxy) is 1. The van der Waals surface area contributed by atoms with Crippen molar-refractivity contribution in [3.8, 4) is 5.75 Å². The molecule has 0 heterocycles. The molecule has 0 fully saturated rings. The molecule has 0 amide bonds. The first-order chi connectivity index (χ1) is 7.86. The van der Waals surface area contributed by atoms with Crippen LogP contribution in [0.1, 0.15) is 12.0 Å². The zero-order valence-corrected chi connectivity index (χ0v) is 9.27. The molecule has 0 aliphatic carbocycles. The average Bonchev–Trinajstić information content (AvgIpc) is 2.35. The van der Waals surface area contributed by atoms with E-state index in [1.807, 2.05) is 24.3 Å². The third-order valence-corrected chi connectivity index (χ3v) is 2.72. The normalized spacial score (nSPS) is 10.3. The second-order valence-corrected chi connectivity index (χ2v) is 3.68. The Morgan fingerprint density at radius 1 is 1.12 bits per heavy atom. The largest absolute Gasteiger partial charge is 0.496 e. The smallest absolute Gasteiger partial charge is 0.126 e. The van der Waals surface area contributed by atoms with Crippen LogP contribution in [0.5, 0.6) is 5.75 Å². The van der Waals surface area contributed by atoms with E-state index >= 15 is 0 Å². The molecule has 0 atom stereocenters. The fourth-order valence-electron chi connectivity index (χ4n) is 1.96. The summed E-state index contributed by atoms with van der Waals surface area (Å²) >= 11 is 0. The van der Waals surface area contributed by atoms with E-state index in [2.05, 4.69) is 12.1 Å². The van der Waals surface area contributed by atoms with Crippen molar-refractivity contribution >= 4 is 17.1 Å². The van der Waals surface area contributed by atoms with E-state index in [0.29, 0.717) is 6.42 Å².